The quantitative estimate of drug-likeness (QED) is 0.434. The topological polar surface area (TPSA) is 89.0 Å². The summed E-state index contributed by atoms with van der Waals surface area (Å²) in [6.45, 7) is 1.85. The Morgan fingerprint density at radius 3 is 2.33 bits per heavy atom. The maximum atomic E-state index is 14.3. The van der Waals surface area contributed by atoms with E-state index in [0.717, 1.165) is 25.7 Å². The van der Waals surface area contributed by atoms with Gasteiger partial charge in [-0.05, 0) is 62.1 Å². The number of halogens is 1. The number of ether oxygens (including phenoxy) is 2. The van der Waals surface area contributed by atoms with E-state index < -0.39 is 15.8 Å². The first kappa shape index (κ1) is 25.2. The second kappa shape index (κ2) is 10.5. The Bertz CT molecular complexity index is 1330. The minimum absolute atomic E-state index is 0.101. The molecule has 2 unspecified atom stereocenters. The van der Waals surface area contributed by atoms with E-state index in [1.54, 1.807) is 12.1 Å². The lowest BCUT2D eigenvalue weighted by Gasteiger charge is -2.23. The lowest BCUT2D eigenvalue weighted by Crippen LogP contribution is -2.37. The number of thiazole rings is 1. The first-order valence-corrected chi connectivity index (χ1v) is 14.2. The molecule has 11 heteroatoms. The first-order valence-electron chi connectivity index (χ1n) is 12.0. The van der Waals surface area contributed by atoms with Crippen LogP contribution in [0.1, 0.15) is 36.0 Å². The Labute approximate surface area is 213 Å². The van der Waals surface area contributed by atoms with Gasteiger partial charge in [0, 0.05) is 32.4 Å². The number of aromatic nitrogens is 1. The Hall–Kier alpha value is -2.44. The molecule has 0 radical (unpaired) electrons. The SMILES string of the molecule is CN(CC1CCCO1)S(=O)(=O)c1ccc(C(=O)N(CC2CCCO2)c2nc3c(F)cccc3s2)cc1. The zero-order valence-electron chi connectivity index (χ0n) is 19.9. The van der Waals surface area contributed by atoms with Crippen LogP contribution >= 0.6 is 11.3 Å². The predicted octanol–water partition coefficient (Wildman–Crippen LogP) is 4.06. The number of carbonyl (C=O) groups is 1. The number of benzene rings is 2. The van der Waals surface area contributed by atoms with Crippen LogP contribution in [0.2, 0.25) is 0 Å². The number of sulfonamides is 1. The van der Waals surface area contributed by atoms with Crippen molar-refractivity contribution in [1.82, 2.24) is 9.29 Å². The van der Waals surface area contributed by atoms with Gasteiger partial charge >= 0.3 is 0 Å². The van der Waals surface area contributed by atoms with Crippen LogP contribution in [-0.2, 0) is 19.5 Å². The summed E-state index contributed by atoms with van der Waals surface area (Å²) < 4.78 is 53.6. The van der Waals surface area contributed by atoms with Crippen LogP contribution < -0.4 is 4.90 Å². The molecule has 0 saturated carbocycles. The summed E-state index contributed by atoms with van der Waals surface area (Å²) in [5.41, 5.74) is 0.534. The number of amides is 1. The third-order valence-electron chi connectivity index (χ3n) is 6.54. The predicted molar refractivity (Wildman–Crippen MR) is 135 cm³/mol. The van der Waals surface area contributed by atoms with E-state index in [4.69, 9.17) is 9.47 Å². The summed E-state index contributed by atoms with van der Waals surface area (Å²) in [6, 6.07) is 10.6. The van der Waals surface area contributed by atoms with E-state index >= 15 is 0 Å². The monoisotopic (exact) mass is 533 g/mol. The van der Waals surface area contributed by atoms with Crippen LogP contribution in [0.5, 0.6) is 0 Å². The number of hydrogen-bond donors (Lipinski definition) is 0. The minimum atomic E-state index is -3.73. The molecule has 0 aliphatic carbocycles. The van der Waals surface area contributed by atoms with Crippen LogP contribution in [-0.4, -0.2) is 69.2 Å². The van der Waals surface area contributed by atoms with E-state index in [1.807, 2.05) is 0 Å². The van der Waals surface area contributed by atoms with Crippen molar-refractivity contribution in [2.24, 2.45) is 0 Å². The zero-order valence-corrected chi connectivity index (χ0v) is 21.6. The fourth-order valence-electron chi connectivity index (χ4n) is 4.54. The number of carbonyl (C=O) groups excluding carboxylic acids is 1. The molecule has 192 valence electrons. The molecule has 0 bridgehead atoms. The molecule has 2 aliphatic heterocycles. The molecule has 3 aromatic rings. The summed E-state index contributed by atoms with van der Waals surface area (Å²) in [4.78, 5) is 19.6. The van der Waals surface area contributed by atoms with E-state index in [-0.39, 0.29) is 41.6 Å². The van der Waals surface area contributed by atoms with Gasteiger partial charge in [-0.1, -0.05) is 17.4 Å². The van der Waals surface area contributed by atoms with E-state index in [0.29, 0.717) is 28.6 Å². The highest BCUT2D eigenvalue weighted by atomic mass is 32.2. The third-order valence-corrected chi connectivity index (χ3v) is 9.42. The van der Waals surface area contributed by atoms with Gasteiger partial charge in [0.25, 0.3) is 5.91 Å². The molecule has 2 aromatic carbocycles. The lowest BCUT2D eigenvalue weighted by molar-refractivity contribution is 0.0917. The normalized spacial score (nSPS) is 20.4. The van der Waals surface area contributed by atoms with Gasteiger partial charge in [-0.3, -0.25) is 9.69 Å². The van der Waals surface area contributed by atoms with Crippen molar-refractivity contribution in [3.05, 3.63) is 53.8 Å². The van der Waals surface area contributed by atoms with Crippen molar-refractivity contribution < 1.29 is 27.1 Å². The van der Waals surface area contributed by atoms with Crippen LogP contribution in [0.4, 0.5) is 9.52 Å². The Morgan fingerprint density at radius 1 is 1.06 bits per heavy atom. The van der Waals surface area contributed by atoms with Crippen molar-refractivity contribution in [3.8, 4) is 0 Å². The van der Waals surface area contributed by atoms with Crippen molar-refractivity contribution in [2.75, 3.05) is 38.3 Å². The van der Waals surface area contributed by atoms with Crippen LogP contribution in [0.15, 0.2) is 47.4 Å². The van der Waals surface area contributed by atoms with Crippen molar-refractivity contribution >= 4 is 42.6 Å². The van der Waals surface area contributed by atoms with Crippen LogP contribution in [0.25, 0.3) is 10.2 Å². The maximum Gasteiger partial charge on any atom is 0.260 e. The molecular formula is C25H28FN3O5S2. The molecule has 2 atom stereocenters. The molecule has 8 nitrogen and oxygen atoms in total. The summed E-state index contributed by atoms with van der Waals surface area (Å²) in [6.07, 6.45) is 3.25. The van der Waals surface area contributed by atoms with Gasteiger partial charge in [-0.2, -0.15) is 4.31 Å². The van der Waals surface area contributed by atoms with Crippen molar-refractivity contribution in [3.63, 3.8) is 0 Å². The molecule has 2 aliphatic rings. The molecule has 2 saturated heterocycles. The summed E-state index contributed by atoms with van der Waals surface area (Å²) in [5.74, 6) is -0.789. The second-order valence-electron chi connectivity index (χ2n) is 9.08. The molecule has 5 rings (SSSR count). The summed E-state index contributed by atoms with van der Waals surface area (Å²) in [5, 5.41) is 0.378. The average molecular weight is 534 g/mol. The largest absolute Gasteiger partial charge is 0.377 e. The fraction of sp³-hybridized carbons (Fsp3) is 0.440. The molecule has 0 spiro atoms. The molecule has 3 heterocycles. The van der Waals surface area contributed by atoms with Gasteiger partial charge in [0.1, 0.15) is 11.3 Å². The highest BCUT2D eigenvalue weighted by Crippen LogP contribution is 2.32. The van der Waals surface area contributed by atoms with E-state index in [1.165, 1.54) is 57.9 Å². The number of rotatable bonds is 8. The summed E-state index contributed by atoms with van der Waals surface area (Å²) >= 11 is 1.24. The van der Waals surface area contributed by atoms with E-state index in [2.05, 4.69) is 4.98 Å². The molecule has 1 aromatic heterocycles. The maximum absolute atomic E-state index is 14.3. The Balaban J connectivity index is 1.39. The standard InChI is InChI=1S/C25H28FN3O5S2/c1-28(15-18-5-3-13-33-18)36(31,32)20-11-9-17(10-12-20)24(30)29(16-19-6-4-14-34-19)25-27-23-21(26)7-2-8-22(23)35-25/h2,7-12,18-19H,3-6,13-16H2,1H3. The Kier molecular flexibility index (Phi) is 7.36. The highest BCUT2D eigenvalue weighted by molar-refractivity contribution is 7.89. The zero-order chi connectivity index (χ0) is 25.3. The molecule has 0 N–H and O–H groups in total. The van der Waals surface area contributed by atoms with Crippen LogP contribution in [0.3, 0.4) is 0 Å². The van der Waals surface area contributed by atoms with Gasteiger partial charge in [-0.15, -0.1) is 0 Å². The molecular weight excluding hydrogens is 505 g/mol. The van der Waals surface area contributed by atoms with Gasteiger partial charge in [-0.25, -0.2) is 17.8 Å². The summed E-state index contributed by atoms with van der Waals surface area (Å²) in [7, 11) is -2.19. The smallest absolute Gasteiger partial charge is 0.260 e. The Morgan fingerprint density at radius 2 is 1.72 bits per heavy atom. The van der Waals surface area contributed by atoms with Gasteiger partial charge in [0.05, 0.1) is 28.3 Å². The molecule has 36 heavy (non-hydrogen) atoms. The number of fused-ring (bicyclic) bond motifs is 1. The number of hydrogen-bond acceptors (Lipinski definition) is 7. The van der Waals surface area contributed by atoms with Crippen molar-refractivity contribution in [1.29, 1.82) is 0 Å². The second-order valence-corrected chi connectivity index (χ2v) is 12.1. The molecule has 2 fully saturated rings. The highest BCUT2D eigenvalue weighted by Gasteiger charge is 2.29. The van der Waals surface area contributed by atoms with Crippen molar-refractivity contribution in [2.45, 2.75) is 42.8 Å². The van der Waals surface area contributed by atoms with Gasteiger partial charge in [0.2, 0.25) is 10.0 Å². The minimum Gasteiger partial charge on any atom is -0.377 e. The van der Waals surface area contributed by atoms with Gasteiger partial charge < -0.3 is 9.47 Å². The number of likely N-dealkylation sites (N-methyl/N-ethyl adjacent to an activating group) is 1. The molecule has 1 amide bonds. The van der Waals surface area contributed by atoms with Crippen LogP contribution in [0, 0.1) is 5.82 Å². The lowest BCUT2D eigenvalue weighted by atomic mass is 10.2. The van der Waals surface area contributed by atoms with Gasteiger partial charge in [0.15, 0.2) is 5.13 Å². The fourth-order valence-corrected chi connectivity index (χ4v) is 6.73. The number of para-hydroxylation sites is 1. The average Bonchev–Trinajstić information content (AvgIpc) is 3.64. The third kappa shape index (κ3) is 5.16. The van der Waals surface area contributed by atoms with E-state index in [9.17, 15) is 17.6 Å². The first-order chi connectivity index (χ1) is 17.3. The number of anilines is 1. The number of nitrogens with zero attached hydrogens (tertiary/aromatic N) is 3.